The second-order valence-corrected chi connectivity index (χ2v) is 4.86. The Bertz CT molecular complexity index is 696. The Balaban J connectivity index is 2.14. The molecule has 5 N–H and O–H groups in total. The molecule has 2 aromatic heterocycles. The van der Waals surface area contributed by atoms with Crippen molar-refractivity contribution in [2.75, 3.05) is 12.3 Å². The molecule has 0 spiro atoms. The van der Waals surface area contributed by atoms with E-state index in [0.29, 0.717) is 5.52 Å². The van der Waals surface area contributed by atoms with Crippen molar-refractivity contribution in [1.82, 2.24) is 19.5 Å². The molecule has 3 heterocycles. The maximum Gasteiger partial charge on any atom is 0.330 e. The number of aromatic nitrogens is 4. The number of nitrogens with two attached hydrogens (primary N) is 1. The van der Waals surface area contributed by atoms with Gasteiger partial charge >= 0.3 is 5.69 Å². The van der Waals surface area contributed by atoms with Crippen LogP contribution in [0.3, 0.4) is 0 Å². The molecule has 4 unspecified atom stereocenters. The fourth-order valence-electron chi connectivity index (χ4n) is 2.48. The number of H-pyrrole nitrogens is 1. The number of aromatic amines is 1. The number of rotatable bonds is 2. The van der Waals surface area contributed by atoms with Gasteiger partial charge in [0.15, 0.2) is 17.7 Å². The van der Waals surface area contributed by atoms with Crippen LogP contribution in [0.1, 0.15) is 13.2 Å². The van der Waals surface area contributed by atoms with E-state index in [0.717, 1.165) is 0 Å². The van der Waals surface area contributed by atoms with Crippen LogP contribution in [0.4, 0.5) is 5.82 Å². The van der Waals surface area contributed by atoms with Gasteiger partial charge in [0.2, 0.25) is 0 Å². The van der Waals surface area contributed by atoms with Gasteiger partial charge in [0, 0.05) is 5.92 Å². The van der Waals surface area contributed by atoms with Crippen LogP contribution in [-0.2, 0) is 4.74 Å². The van der Waals surface area contributed by atoms with Crippen LogP contribution in [0.5, 0.6) is 0 Å². The summed E-state index contributed by atoms with van der Waals surface area (Å²) in [5.41, 5.74) is 5.74. The highest BCUT2D eigenvalue weighted by molar-refractivity contribution is 5.81. The highest BCUT2D eigenvalue weighted by atomic mass is 16.5. The molecule has 2 aromatic rings. The predicted octanol–water partition coefficient (Wildman–Crippen LogP) is -1.41. The lowest BCUT2D eigenvalue weighted by molar-refractivity contribution is -0.0506. The number of hydrogen-bond acceptors (Lipinski definition) is 7. The zero-order valence-electron chi connectivity index (χ0n) is 10.7. The smallest absolute Gasteiger partial charge is 0.330 e. The molecule has 20 heavy (non-hydrogen) atoms. The SMILES string of the molecule is CC1C(CO)OC(n2c(=O)[nH]c3c(N)ncnc32)C1O. The summed E-state index contributed by atoms with van der Waals surface area (Å²) in [5.74, 6) is -0.161. The van der Waals surface area contributed by atoms with Crippen LogP contribution in [0.25, 0.3) is 11.2 Å². The Morgan fingerprint density at radius 1 is 1.55 bits per heavy atom. The van der Waals surface area contributed by atoms with E-state index in [4.69, 9.17) is 10.5 Å². The number of nitrogens with one attached hydrogen (secondary N) is 1. The quantitative estimate of drug-likeness (QED) is 0.530. The number of ether oxygens (including phenoxy) is 1. The third-order valence-electron chi connectivity index (χ3n) is 3.70. The second-order valence-electron chi connectivity index (χ2n) is 4.86. The van der Waals surface area contributed by atoms with Gasteiger partial charge in [-0.25, -0.2) is 19.3 Å². The van der Waals surface area contributed by atoms with Crippen LogP contribution >= 0.6 is 0 Å². The van der Waals surface area contributed by atoms with E-state index in [1.54, 1.807) is 6.92 Å². The molecule has 0 aliphatic carbocycles. The van der Waals surface area contributed by atoms with E-state index in [9.17, 15) is 15.0 Å². The minimum atomic E-state index is -0.931. The first kappa shape index (κ1) is 13.0. The molecule has 3 rings (SSSR count). The van der Waals surface area contributed by atoms with Crippen LogP contribution in [0.2, 0.25) is 0 Å². The summed E-state index contributed by atoms with van der Waals surface area (Å²) < 4.78 is 6.75. The molecule has 1 aliphatic rings. The van der Waals surface area contributed by atoms with Gasteiger partial charge in [-0.2, -0.15) is 0 Å². The van der Waals surface area contributed by atoms with Crippen molar-refractivity contribution in [1.29, 1.82) is 0 Å². The maximum absolute atomic E-state index is 12.1. The van der Waals surface area contributed by atoms with Gasteiger partial charge in [0.05, 0.1) is 12.7 Å². The van der Waals surface area contributed by atoms with E-state index >= 15 is 0 Å². The van der Waals surface area contributed by atoms with E-state index in [2.05, 4.69) is 15.0 Å². The molecular formula is C11H15N5O4. The third kappa shape index (κ3) is 1.71. The Labute approximate surface area is 113 Å². The number of fused-ring (bicyclic) bond motifs is 1. The first-order valence-corrected chi connectivity index (χ1v) is 6.19. The Hall–Kier alpha value is -1.97. The number of imidazole rings is 1. The summed E-state index contributed by atoms with van der Waals surface area (Å²) in [6, 6.07) is 0. The van der Waals surface area contributed by atoms with Gasteiger partial charge < -0.3 is 25.7 Å². The molecule has 1 aliphatic heterocycles. The molecule has 108 valence electrons. The number of aliphatic hydroxyl groups excluding tert-OH is 2. The maximum atomic E-state index is 12.1. The summed E-state index contributed by atoms with van der Waals surface area (Å²) in [6.45, 7) is 1.51. The first-order chi connectivity index (χ1) is 9.54. The lowest BCUT2D eigenvalue weighted by atomic mass is 10.0. The minimum Gasteiger partial charge on any atom is -0.394 e. The number of aliphatic hydroxyl groups is 2. The van der Waals surface area contributed by atoms with Crippen molar-refractivity contribution < 1.29 is 14.9 Å². The molecule has 1 saturated heterocycles. The summed E-state index contributed by atoms with van der Waals surface area (Å²) >= 11 is 0. The van der Waals surface area contributed by atoms with Gasteiger partial charge in [0.25, 0.3) is 0 Å². The highest BCUT2D eigenvalue weighted by Crippen LogP contribution is 2.34. The standard InChI is InChI=1S/C11H15N5O4/c1-4-5(2-17)20-10(7(4)18)16-9-6(15-11(16)19)8(12)13-3-14-9/h3-5,7,10,17-18H,2H2,1H3,(H,15,19)(H2,12,13,14). The average Bonchev–Trinajstić information content (AvgIpc) is 2.90. The fraction of sp³-hybridized carbons (Fsp3) is 0.545. The Morgan fingerprint density at radius 3 is 2.95 bits per heavy atom. The van der Waals surface area contributed by atoms with Gasteiger partial charge in [-0.3, -0.25) is 0 Å². The summed E-state index contributed by atoms with van der Waals surface area (Å²) in [5, 5.41) is 19.4. The molecule has 4 atom stereocenters. The molecule has 9 nitrogen and oxygen atoms in total. The number of anilines is 1. The molecular weight excluding hydrogens is 266 g/mol. The second kappa shape index (κ2) is 4.54. The molecule has 0 saturated carbocycles. The highest BCUT2D eigenvalue weighted by Gasteiger charge is 2.43. The zero-order valence-corrected chi connectivity index (χ0v) is 10.7. The average molecular weight is 281 g/mol. The minimum absolute atomic E-state index is 0.144. The molecule has 9 heteroatoms. The first-order valence-electron chi connectivity index (χ1n) is 6.19. The lowest BCUT2D eigenvalue weighted by Gasteiger charge is -2.16. The van der Waals surface area contributed by atoms with Crippen LogP contribution in [-0.4, -0.2) is 48.5 Å². The van der Waals surface area contributed by atoms with Crippen molar-refractivity contribution in [3.63, 3.8) is 0 Å². The van der Waals surface area contributed by atoms with Gasteiger partial charge in [-0.05, 0) is 0 Å². The van der Waals surface area contributed by atoms with Crippen LogP contribution < -0.4 is 11.4 Å². The summed E-state index contributed by atoms with van der Waals surface area (Å²) in [7, 11) is 0. The zero-order chi connectivity index (χ0) is 14.4. The van der Waals surface area contributed by atoms with Gasteiger partial charge in [-0.15, -0.1) is 0 Å². The summed E-state index contributed by atoms with van der Waals surface area (Å²) in [4.78, 5) is 22.4. The predicted molar refractivity (Wildman–Crippen MR) is 68.7 cm³/mol. The Kier molecular flexibility index (Phi) is 2.96. The van der Waals surface area contributed by atoms with Gasteiger partial charge in [0.1, 0.15) is 17.9 Å². The fourth-order valence-corrected chi connectivity index (χ4v) is 2.48. The number of nitrogen functional groups attached to an aromatic ring is 1. The lowest BCUT2D eigenvalue weighted by Crippen LogP contribution is -2.30. The molecule has 0 aromatic carbocycles. The van der Waals surface area contributed by atoms with Crippen molar-refractivity contribution >= 4 is 17.0 Å². The topological polar surface area (TPSA) is 139 Å². The number of nitrogens with zero attached hydrogens (tertiary/aromatic N) is 3. The number of hydrogen-bond donors (Lipinski definition) is 4. The third-order valence-corrected chi connectivity index (χ3v) is 3.70. The molecule has 0 amide bonds. The van der Waals surface area contributed by atoms with E-state index in [1.807, 2.05) is 0 Å². The van der Waals surface area contributed by atoms with Gasteiger partial charge in [-0.1, -0.05) is 6.92 Å². The monoisotopic (exact) mass is 281 g/mol. The van der Waals surface area contributed by atoms with Crippen molar-refractivity contribution in [2.24, 2.45) is 5.92 Å². The van der Waals surface area contributed by atoms with E-state index in [1.165, 1.54) is 10.9 Å². The molecule has 1 fully saturated rings. The summed E-state index contributed by atoms with van der Waals surface area (Å²) in [6.07, 6.45) is -1.15. The normalized spacial score (nSPS) is 30.1. The van der Waals surface area contributed by atoms with Crippen LogP contribution in [0, 0.1) is 5.92 Å². The molecule has 0 bridgehead atoms. The van der Waals surface area contributed by atoms with Crippen LogP contribution in [0.15, 0.2) is 11.1 Å². The van der Waals surface area contributed by atoms with Crippen molar-refractivity contribution in [3.8, 4) is 0 Å². The Morgan fingerprint density at radius 2 is 2.30 bits per heavy atom. The van der Waals surface area contributed by atoms with E-state index in [-0.39, 0.29) is 24.0 Å². The van der Waals surface area contributed by atoms with Crippen molar-refractivity contribution in [2.45, 2.75) is 25.4 Å². The van der Waals surface area contributed by atoms with Crippen molar-refractivity contribution in [3.05, 3.63) is 16.8 Å². The van der Waals surface area contributed by atoms with E-state index < -0.39 is 24.1 Å². The largest absolute Gasteiger partial charge is 0.394 e. The molecule has 0 radical (unpaired) electrons.